The SMILES string of the molecule is CC1CCCC(CO)(NCc2ccccc2[N+](=O)[O-])C1. The molecule has 110 valence electrons. The van der Waals surface area contributed by atoms with Crippen LogP contribution in [0.3, 0.4) is 0 Å². The average Bonchev–Trinajstić information content (AvgIpc) is 2.45. The van der Waals surface area contributed by atoms with Crippen molar-refractivity contribution < 1.29 is 10.0 Å². The topological polar surface area (TPSA) is 75.4 Å². The van der Waals surface area contributed by atoms with Crippen molar-refractivity contribution in [2.45, 2.75) is 44.7 Å². The fraction of sp³-hybridized carbons (Fsp3) is 0.600. The number of hydrogen-bond donors (Lipinski definition) is 2. The summed E-state index contributed by atoms with van der Waals surface area (Å²) in [6.45, 7) is 2.69. The molecule has 0 bridgehead atoms. The van der Waals surface area contributed by atoms with Gasteiger partial charge in [0.15, 0.2) is 0 Å². The minimum Gasteiger partial charge on any atom is -0.394 e. The molecule has 2 unspecified atom stereocenters. The van der Waals surface area contributed by atoms with E-state index in [1.54, 1.807) is 18.2 Å². The van der Waals surface area contributed by atoms with E-state index in [0.29, 0.717) is 18.0 Å². The lowest BCUT2D eigenvalue weighted by atomic mass is 9.76. The molecule has 2 N–H and O–H groups in total. The number of aliphatic hydroxyl groups is 1. The second-order valence-electron chi connectivity index (χ2n) is 5.88. The Balaban J connectivity index is 2.09. The number of nitro groups is 1. The van der Waals surface area contributed by atoms with Crippen molar-refractivity contribution >= 4 is 5.69 Å². The number of benzene rings is 1. The van der Waals surface area contributed by atoms with Crippen molar-refractivity contribution in [2.24, 2.45) is 5.92 Å². The first-order chi connectivity index (χ1) is 9.56. The zero-order valence-electron chi connectivity index (χ0n) is 11.8. The molecule has 5 nitrogen and oxygen atoms in total. The van der Waals surface area contributed by atoms with Gasteiger partial charge in [0, 0.05) is 23.7 Å². The average molecular weight is 278 g/mol. The molecule has 0 radical (unpaired) electrons. The fourth-order valence-electron chi connectivity index (χ4n) is 3.14. The normalized spacial score (nSPS) is 26.4. The van der Waals surface area contributed by atoms with Gasteiger partial charge in [0.1, 0.15) is 0 Å². The number of nitrogens with zero attached hydrogens (tertiary/aromatic N) is 1. The monoisotopic (exact) mass is 278 g/mol. The molecule has 20 heavy (non-hydrogen) atoms. The molecule has 0 spiro atoms. The number of nitro benzene ring substituents is 1. The molecular formula is C15H22N2O3. The van der Waals surface area contributed by atoms with Gasteiger partial charge in [0.05, 0.1) is 11.5 Å². The molecule has 1 aliphatic carbocycles. The Kier molecular flexibility index (Phi) is 4.73. The predicted octanol–water partition coefficient (Wildman–Crippen LogP) is 2.63. The predicted molar refractivity (Wildman–Crippen MR) is 77.4 cm³/mol. The highest BCUT2D eigenvalue weighted by Gasteiger charge is 2.34. The number of aliphatic hydroxyl groups excluding tert-OH is 1. The standard InChI is InChI=1S/C15H22N2O3/c1-12-5-4-8-15(9-12,11-18)16-10-13-6-2-3-7-14(13)17(19)20/h2-3,6-7,12,16,18H,4-5,8-11H2,1H3. The van der Waals surface area contributed by atoms with Crippen LogP contribution in [-0.2, 0) is 6.54 Å². The van der Waals surface area contributed by atoms with Crippen LogP contribution in [-0.4, -0.2) is 22.2 Å². The Hall–Kier alpha value is -1.46. The minimum absolute atomic E-state index is 0.0813. The summed E-state index contributed by atoms with van der Waals surface area (Å²) >= 11 is 0. The van der Waals surface area contributed by atoms with Crippen LogP contribution in [0, 0.1) is 16.0 Å². The van der Waals surface area contributed by atoms with E-state index in [9.17, 15) is 15.2 Å². The Morgan fingerprint density at radius 2 is 2.25 bits per heavy atom. The summed E-state index contributed by atoms with van der Waals surface area (Å²) in [5.41, 5.74) is 0.516. The van der Waals surface area contributed by atoms with Gasteiger partial charge in [0.2, 0.25) is 0 Å². The Morgan fingerprint density at radius 3 is 2.90 bits per heavy atom. The third-order valence-electron chi connectivity index (χ3n) is 4.24. The highest BCUT2D eigenvalue weighted by Crippen LogP contribution is 2.32. The highest BCUT2D eigenvalue weighted by molar-refractivity contribution is 5.39. The van der Waals surface area contributed by atoms with E-state index in [-0.39, 0.29) is 22.8 Å². The number of para-hydroxylation sites is 1. The van der Waals surface area contributed by atoms with Crippen molar-refractivity contribution in [2.75, 3.05) is 6.61 Å². The lowest BCUT2D eigenvalue weighted by molar-refractivity contribution is -0.385. The van der Waals surface area contributed by atoms with Crippen LogP contribution < -0.4 is 5.32 Å². The molecule has 0 saturated heterocycles. The third-order valence-corrected chi connectivity index (χ3v) is 4.24. The fourth-order valence-corrected chi connectivity index (χ4v) is 3.14. The summed E-state index contributed by atoms with van der Waals surface area (Å²) in [4.78, 5) is 10.6. The highest BCUT2D eigenvalue weighted by atomic mass is 16.6. The van der Waals surface area contributed by atoms with Gasteiger partial charge in [-0.05, 0) is 18.8 Å². The lowest BCUT2D eigenvalue weighted by Gasteiger charge is -2.39. The second kappa shape index (κ2) is 6.33. The molecule has 0 aliphatic heterocycles. The van der Waals surface area contributed by atoms with Crippen LogP contribution in [0.5, 0.6) is 0 Å². The molecule has 5 heteroatoms. The maximum Gasteiger partial charge on any atom is 0.273 e. The zero-order valence-corrected chi connectivity index (χ0v) is 11.8. The van der Waals surface area contributed by atoms with Crippen LogP contribution in [0.4, 0.5) is 5.69 Å². The molecule has 1 fully saturated rings. The summed E-state index contributed by atoms with van der Waals surface area (Å²) in [5, 5.41) is 24.1. The maximum atomic E-state index is 11.0. The van der Waals surface area contributed by atoms with Gasteiger partial charge in [0.25, 0.3) is 5.69 Å². The van der Waals surface area contributed by atoms with Crippen LogP contribution in [0.2, 0.25) is 0 Å². The summed E-state index contributed by atoms with van der Waals surface area (Å²) in [7, 11) is 0. The van der Waals surface area contributed by atoms with Crippen molar-refractivity contribution in [3.63, 3.8) is 0 Å². The largest absolute Gasteiger partial charge is 0.394 e. The zero-order chi connectivity index (χ0) is 14.6. The number of hydrogen-bond acceptors (Lipinski definition) is 4. The second-order valence-corrected chi connectivity index (χ2v) is 5.88. The van der Waals surface area contributed by atoms with Crippen molar-refractivity contribution in [3.8, 4) is 0 Å². The van der Waals surface area contributed by atoms with Gasteiger partial charge >= 0.3 is 0 Å². The molecule has 0 aromatic heterocycles. The first-order valence-corrected chi connectivity index (χ1v) is 7.14. The van der Waals surface area contributed by atoms with Crippen LogP contribution >= 0.6 is 0 Å². The Bertz CT molecular complexity index is 478. The van der Waals surface area contributed by atoms with E-state index in [1.807, 2.05) is 0 Å². The molecular weight excluding hydrogens is 256 g/mol. The van der Waals surface area contributed by atoms with Gasteiger partial charge in [-0.3, -0.25) is 10.1 Å². The van der Waals surface area contributed by atoms with Crippen LogP contribution in [0.15, 0.2) is 24.3 Å². The van der Waals surface area contributed by atoms with E-state index >= 15 is 0 Å². The van der Waals surface area contributed by atoms with Gasteiger partial charge in [-0.15, -0.1) is 0 Å². The number of rotatable bonds is 5. The van der Waals surface area contributed by atoms with Gasteiger partial charge in [-0.1, -0.05) is 38.0 Å². The molecule has 0 amide bonds. The minimum atomic E-state index is -0.355. The summed E-state index contributed by atoms with van der Waals surface area (Å²) in [6, 6.07) is 6.76. The first-order valence-electron chi connectivity index (χ1n) is 7.14. The summed E-state index contributed by atoms with van der Waals surface area (Å²) in [5.74, 6) is 0.578. The van der Waals surface area contributed by atoms with E-state index in [1.165, 1.54) is 12.5 Å². The molecule has 2 rings (SSSR count). The molecule has 1 aromatic carbocycles. The maximum absolute atomic E-state index is 11.0. The van der Waals surface area contributed by atoms with E-state index in [2.05, 4.69) is 12.2 Å². The molecule has 2 atom stereocenters. The van der Waals surface area contributed by atoms with Gasteiger partial charge in [-0.25, -0.2) is 0 Å². The Labute approximate surface area is 119 Å². The smallest absolute Gasteiger partial charge is 0.273 e. The van der Waals surface area contributed by atoms with Crippen molar-refractivity contribution in [3.05, 3.63) is 39.9 Å². The van der Waals surface area contributed by atoms with Crippen LogP contribution in [0.25, 0.3) is 0 Å². The molecule has 1 aliphatic rings. The summed E-state index contributed by atoms with van der Waals surface area (Å²) in [6.07, 6.45) is 4.12. The molecule has 1 aromatic rings. The van der Waals surface area contributed by atoms with E-state index < -0.39 is 0 Å². The van der Waals surface area contributed by atoms with E-state index in [0.717, 1.165) is 19.3 Å². The Morgan fingerprint density at radius 1 is 1.50 bits per heavy atom. The number of nitrogens with one attached hydrogen (secondary N) is 1. The quantitative estimate of drug-likeness (QED) is 0.641. The molecule has 1 saturated carbocycles. The first kappa shape index (κ1) is 14.9. The van der Waals surface area contributed by atoms with Crippen molar-refractivity contribution in [1.29, 1.82) is 0 Å². The van der Waals surface area contributed by atoms with E-state index in [4.69, 9.17) is 0 Å². The van der Waals surface area contributed by atoms with Gasteiger partial charge in [-0.2, -0.15) is 0 Å². The van der Waals surface area contributed by atoms with Gasteiger partial charge < -0.3 is 10.4 Å². The summed E-state index contributed by atoms with van der Waals surface area (Å²) < 4.78 is 0. The molecule has 0 heterocycles. The van der Waals surface area contributed by atoms with Crippen LogP contribution in [0.1, 0.15) is 38.2 Å². The lowest BCUT2D eigenvalue weighted by Crippen LogP contribution is -2.51. The van der Waals surface area contributed by atoms with Crippen molar-refractivity contribution in [1.82, 2.24) is 5.32 Å². The third kappa shape index (κ3) is 3.35.